The Hall–Kier alpha value is -1.80. The summed E-state index contributed by atoms with van der Waals surface area (Å²) in [7, 11) is 0. The molecule has 0 aliphatic rings. The molecule has 0 saturated heterocycles. The molecule has 1 radical (unpaired) electrons. The fraction of sp³-hybridized carbons (Fsp3) is 0.278. The van der Waals surface area contributed by atoms with E-state index in [0.29, 0.717) is 6.42 Å². The predicted octanol–water partition coefficient (Wildman–Crippen LogP) is 3.99. The largest absolute Gasteiger partial charge is 0.388 e. The molecule has 2 rings (SSSR count). The maximum absolute atomic E-state index is 9.78. The van der Waals surface area contributed by atoms with Gasteiger partial charge in [-0.3, -0.25) is 0 Å². The fourth-order valence-corrected chi connectivity index (χ4v) is 2.19. The molecular weight excluding hydrogens is 246 g/mol. The first-order valence-corrected chi connectivity index (χ1v) is 7.14. The van der Waals surface area contributed by atoms with E-state index in [0.717, 1.165) is 30.6 Å². The number of nitrogens with one attached hydrogen (secondary N) is 1. The minimum absolute atomic E-state index is 0.471. The van der Waals surface area contributed by atoms with Gasteiger partial charge in [0, 0.05) is 12.2 Å². The smallest absolute Gasteiger partial charge is 0.0790 e. The Balaban J connectivity index is 1.79. The van der Waals surface area contributed by atoms with Gasteiger partial charge in [0.25, 0.3) is 0 Å². The first-order chi connectivity index (χ1) is 9.79. The van der Waals surface area contributed by atoms with Gasteiger partial charge in [0.2, 0.25) is 0 Å². The van der Waals surface area contributed by atoms with Crippen molar-refractivity contribution in [3.63, 3.8) is 0 Å². The molecule has 1 atom stereocenters. The molecule has 0 fully saturated rings. The molecule has 0 aliphatic carbocycles. The van der Waals surface area contributed by atoms with Crippen molar-refractivity contribution >= 4 is 5.69 Å². The van der Waals surface area contributed by atoms with E-state index in [1.54, 1.807) is 0 Å². The average Bonchev–Trinajstić information content (AvgIpc) is 2.52. The highest BCUT2D eigenvalue weighted by Crippen LogP contribution is 2.19. The minimum atomic E-state index is -0.471. The van der Waals surface area contributed by atoms with Gasteiger partial charge >= 0.3 is 0 Å². The van der Waals surface area contributed by atoms with E-state index in [-0.39, 0.29) is 0 Å². The van der Waals surface area contributed by atoms with Crippen molar-refractivity contribution in [3.8, 4) is 0 Å². The third kappa shape index (κ3) is 4.39. The summed E-state index contributed by atoms with van der Waals surface area (Å²) in [6, 6.07) is 18.4. The molecule has 2 aromatic rings. The van der Waals surface area contributed by atoms with E-state index >= 15 is 0 Å². The minimum Gasteiger partial charge on any atom is -0.388 e. The number of anilines is 1. The lowest BCUT2D eigenvalue weighted by molar-refractivity contribution is 0.181. The molecule has 0 aromatic heterocycles. The van der Waals surface area contributed by atoms with Gasteiger partial charge in [0.05, 0.1) is 6.10 Å². The molecule has 0 spiro atoms. The van der Waals surface area contributed by atoms with Crippen LogP contribution in [0, 0.1) is 6.92 Å². The first-order valence-electron chi connectivity index (χ1n) is 7.14. The van der Waals surface area contributed by atoms with Crippen molar-refractivity contribution in [2.24, 2.45) is 0 Å². The van der Waals surface area contributed by atoms with Crippen molar-refractivity contribution < 1.29 is 5.11 Å². The van der Waals surface area contributed by atoms with E-state index in [4.69, 9.17) is 0 Å². The van der Waals surface area contributed by atoms with Crippen molar-refractivity contribution in [1.82, 2.24) is 0 Å². The van der Waals surface area contributed by atoms with Crippen LogP contribution in [-0.4, -0.2) is 11.7 Å². The highest BCUT2D eigenvalue weighted by atomic mass is 16.3. The summed E-state index contributed by atoms with van der Waals surface area (Å²) in [5.41, 5.74) is 3.35. The van der Waals surface area contributed by atoms with Crippen LogP contribution in [0.1, 0.15) is 30.1 Å². The SMILES string of the molecule is [CH2]CC(O)c1cccc(NCCCc2ccccc2)c1. The van der Waals surface area contributed by atoms with Gasteiger partial charge in [-0.15, -0.1) is 0 Å². The topological polar surface area (TPSA) is 32.3 Å². The number of hydrogen-bond donors (Lipinski definition) is 2. The molecule has 2 heteroatoms. The van der Waals surface area contributed by atoms with Crippen LogP contribution in [0.5, 0.6) is 0 Å². The van der Waals surface area contributed by atoms with Crippen molar-refractivity contribution in [2.45, 2.75) is 25.4 Å². The monoisotopic (exact) mass is 268 g/mol. The average molecular weight is 268 g/mol. The van der Waals surface area contributed by atoms with Crippen LogP contribution in [0.25, 0.3) is 0 Å². The second-order valence-corrected chi connectivity index (χ2v) is 4.95. The number of hydrogen-bond acceptors (Lipinski definition) is 2. The summed E-state index contributed by atoms with van der Waals surface area (Å²) < 4.78 is 0. The number of aryl methyl sites for hydroxylation is 1. The predicted molar refractivity (Wildman–Crippen MR) is 84.6 cm³/mol. The summed E-state index contributed by atoms with van der Waals surface area (Å²) in [5.74, 6) is 0. The van der Waals surface area contributed by atoms with Gasteiger partial charge in [-0.05, 0) is 42.5 Å². The fourth-order valence-electron chi connectivity index (χ4n) is 2.19. The lowest BCUT2D eigenvalue weighted by atomic mass is 10.1. The van der Waals surface area contributed by atoms with Crippen LogP contribution in [-0.2, 0) is 6.42 Å². The zero-order chi connectivity index (χ0) is 14.2. The molecule has 0 bridgehead atoms. The molecule has 0 heterocycles. The molecule has 2 nitrogen and oxygen atoms in total. The first kappa shape index (κ1) is 14.6. The third-order valence-electron chi connectivity index (χ3n) is 3.36. The van der Waals surface area contributed by atoms with Crippen LogP contribution in [0.2, 0.25) is 0 Å². The summed E-state index contributed by atoms with van der Waals surface area (Å²) >= 11 is 0. The summed E-state index contributed by atoms with van der Waals surface area (Å²) in [4.78, 5) is 0. The van der Waals surface area contributed by atoms with Crippen LogP contribution >= 0.6 is 0 Å². The van der Waals surface area contributed by atoms with Crippen LogP contribution < -0.4 is 5.32 Å². The number of aliphatic hydroxyl groups excluding tert-OH is 1. The maximum Gasteiger partial charge on any atom is 0.0790 e. The van der Waals surface area contributed by atoms with Crippen LogP contribution in [0.15, 0.2) is 54.6 Å². The van der Waals surface area contributed by atoms with E-state index in [9.17, 15) is 5.11 Å². The second-order valence-electron chi connectivity index (χ2n) is 4.95. The zero-order valence-electron chi connectivity index (χ0n) is 11.8. The van der Waals surface area contributed by atoms with Gasteiger partial charge in [-0.1, -0.05) is 49.4 Å². The number of aliphatic hydroxyl groups is 1. The number of rotatable bonds is 7. The lowest BCUT2D eigenvalue weighted by Crippen LogP contribution is -2.04. The molecule has 105 valence electrons. The van der Waals surface area contributed by atoms with Gasteiger partial charge < -0.3 is 10.4 Å². The highest BCUT2D eigenvalue weighted by molar-refractivity contribution is 5.46. The molecule has 2 N–H and O–H groups in total. The van der Waals surface area contributed by atoms with Crippen LogP contribution in [0.4, 0.5) is 5.69 Å². The van der Waals surface area contributed by atoms with Gasteiger partial charge in [0.1, 0.15) is 0 Å². The van der Waals surface area contributed by atoms with E-state index in [1.165, 1.54) is 5.56 Å². The third-order valence-corrected chi connectivity index (χ3v) is 3.36. The Bertz CT molecular complexity index is 510. The van der Waals surface area contributed by atoms with Gasteiger partial charge in [-0.2, -0.15) is 0 Å². The van der Waals surface area contributed by atoms with Crippen molar-refractivity contribution in [1.29, 1.82) is 0 Å². The quantitative estimate of drug-likeness (QED) is 0.744. The lowest BCUT2D eigenvalue weighted by Gasteiger charge is -2.11. The maximum atomic E-state index is 9.78. The molecule has 0 aliphatic heterocycles. The molecule has 1 unspecified atom stereocenters. The normalized spacial score (nSPS) is 12.1. The van der Waals surface area contributed by atoms with E-state index < -0.39 is 6.10 Å². The Labute approximate surface area is 121 Å². The Morgan fingerprint density at radius 1 is 1.05 bits per heavy atom. The summed E-state index contributed by atoms with van der Waals surface area (Å²) in [6.45, 7) is 4.66. The molecular formula is C18H22NO. The molecule has 20 heavy (non-hydrogen) atoms. The summed E-state index contributed by atoms with van der Waals surface area (Å²) in [5, 5.41) is 13.2. The Kier molecular flexibility index (Phi) is 5.63. The summed E-state index contributed by atoms with van der Waals surface area (Å²) in [6.07, 6.45) is 2.19. The van der Waals surface area contributed by atoms with Crippen molar-refractivity contribution in [3.05, 3.63) is 72.6 Å². The molecule has 0 saturated carbocycles. The molecule has 0 amide bonds. The van der Waals surface area contributed by atoms with Gasteiger partial charge in [0.15, 0.2) is 0 Å². The Morgan fingerprint density at radius 2 is 1.85 bits per heavy atom. The Morgan fingerprint density at radius 3 is 2.60 bits per heavy atom. The number of benzene rings is 2. The second kappa shape index (κ2) is 7.71. The van der Waals surface area contributed by atoms with E-state index in [1.807, 2.05) is 30.3 Å². The standard InChI is InChI=1S/C18H22NO/c1-2-18(20)16-11-6-12-17(14-16)19-13-7-10-15-8-4-3-5-9-15/h3-6,8-9,11-12,14,18-20H,1-2,7,10,13H2. The highest BCUT2D eigenvalue weighted by Gasteiger charge is 2.04. The van der Waals surface area contributed by atoms with E-state index in [2.05, 4.69) is 36.5 Å². The van der Waals surface area contributed by atoms with Crippen LogP contribution in [0.3, 0.4) is 0 Å². The zero-order valence-corrected chi connectivity index (χ0v) is 11.8. The van der Waals surface area contributed by atoms with Crippen molar-refractivity contribution in [2.75, 3.05) is 11.9 Å². The van der Waals surface area contributed by atoms with Gasteiger partial charge in [-0.25, -0.2) is 0 Å². The molecule has 2 aromatic carbocycles.